The van der Waals surface area contributed by atoms with Crippen LogP contribution in [-0.2, 0) is 20.8 Å². The summed E-state index contributed by atoms with van der Waals surface area (Å²) in [5.41, 5.74) is 7.69. The van der Waals surface area contributed by atoms with Gasteiger partial charge in [0.15, 0.2) is 0 Å². The first-order chi connectivity index (χ1) is 19.2. The fourth-order valence-corrected chi connectivity index (χ4v) is 6.18. The van der Waals surface area contributed by atoms with Crippen LogP contribution in [0.1, 0.15) is 56.1 Å². The predicted octanol–water partition coefficient (Wildman–Crippen LogP) is 1.74. The van der Waals surface area contributed by atoms with E-state index in [1.165, 1.54) is 9.80 Å². The zero-order valence-corrected chi connectivity index (χ0v) is 23.7. The van der Waals surface area contributed by atoms with E-state index in [-0.39, 0.29) is 49.7 Å². The van der Waals surface area contributed by atoms with Crippen LogP contribution in [0.15, 0.2) is 18.2 Å². The average Bonchev–Trinajstić information content (AvgIpc) is 3.55. The molecule has 3 atom stereocenters. The minimum atomic E-state index is -0.943. The number of rotatable bonds is 13. The van der Waals surface area contributed by atoms with E-state index in [1.54, 1.807) is 7.05 Å². The molecular weight excluding hydrogens is 514 g/mol. The summed E-state index contributed by atoms with van der Waals surface area (Å²) in [5, 5.41) is 10.5. The van der Waals surface area contributed by atoms with Gasteiger partial charge in [-0.1, -0.05) is 25.5 Å². The molecule has 0 radical (unpaired) electrons. The Morgan fingerprint density at radius 2 is 1.95 bits per heavy atom. The number of carbonyl (C=O) groups excluding carboxylic acids is 3. The first-order valence-corrected chi connectivity index (χ1v) is 14.5. The largest absolute Gasteiger partial charge is 0.493 e. The van der Waals surface area contributed by atoms with Crippen LogP contribution in [0.5, 0.6) is 5.75 Å². The minimum absolute atomic E-state index is 0.0519. The molecule has 3 aliphatic rings. The number of carboxylic acid groups (broad SMARTS) is 1. The lowest BCUT2D eigenvalue weighted by atomic mass is 9.83. The van der Waals surface area contributed by atoms with E-state index >= 15 is 0 Å². The number of carbonyl (C=O) groups is 4. The van der Waals surface area contributed by atoms with Crippen molar-refractivity contribution in [2.24, 2.45) is 11.7 Å². The standard InChI is InChI=1S/C29H43N5O6/c1-3-4-12-32(13-5-11-30)26(36)19-33-18-22(20-6-7-24-21(17-20)10-16-40-24)27(28(37)38)23(33)8-15-34-25(35)9-14-31(2)29(34)39/h6-7,17,22-23,27H,3-5,8-16,18-19,30H2,1-2H3,(H,37,38)/t22-,23+,27-/m1/s1. The highest BCUT2D eigenvalue weighted by Crippen LogP contribution is 2.41. The molecule has 11 nitrogen and oxygen atoms in total. The van der Waals surface area contributed by atoms with Crippen LogP contribution in [0.3, 0.4) is 0 Å². The summed E-state index contributed by atoms with van der Waals surface area (Å²) < 4.78 is 5.65. The predicted molar refractivity (Wildman–Crippen MR) is 149 cm³/mol. The summed E-state index contributed by atoms with van der Waals surface area (Å²) in [6.45, 7) is 5.32. The Balaban J connectivity index is 1.60. The molecule has 1 aromatic carbocycles. The van der Waals surface area contributed by atoms with Gasteiger partial charge < -0.3 is 25.4 Å². The SMILES string of the molecule is CCCCN(CCCN)C(=O)CN1C[C@H](c2ccc3c(c2)CCO3)[C@@H](C(=O)O)[C@@H]1CCN1C(=O)CCN(C)C1=O. The molecule has 40 heavy (non-hydrogen) atoms. The Kier molecular flexibility index (Phi) is 10.0. The number of fused-ring (bicyclic) bond motifs is 1. The van der Waals surface area contributed by atoms with E-state index in [0.29, 0.717) is 45.8 Å². The van der Waals surface area contributed by atoms with E-state index in [2.05, 4.69) is 6.92 Å². The molecule has 11 heteroatoms. The molecule has 3 aliphatic heterocycles. The lowest BCUT2D eigenvalue weighted by Gasteiger charge is -2.34. The van der Waals surface area contributed by atoms with Crippen molar-refractivity contribution in [2.45, 2.75) is 57.4 Å². The van der Waals surface area contributed by atoms with Crippen molar-refractivity contribution < 1.29 is 29.0 Å². The van der Waals surface area contributed by atoms with Gasteiger partial charge in [-0.2, -0.15) is 0 Å². The van der Waals surface area contributed by atoms with Gasteiger partial charge in [-0.05, 0) is 43.0 Å². The first-order valence-electron chi connectivity index (χ1n) is 14.5. The van der Waals surface area contributed by atoms with Crippen LogP contribution in [0.4, 0.5) is 4.79 Å². The van der Waals surface area contributed by atoms with Gasteiger partial charge in [0, 0.05) is 64.6 Å². The second-order valence-electron chi connectivity index (χ2n) is 11.1. The molecule has 0 unspecified atom stereocenters. The highest BCUT2D eigenvalue weighted by Gasteiger charge is 2.48. The van der Waals surface area contributed by atoms with E-state index < -0.39 is 17.9 Å². The number of nitrogens with two attached hydrogens (primary N) is 1. The second-order valence-corrected chi connectivity index (χ2v) is 11.1. The van der Waals surface area contributed by atoms with Gasteiger partial charge >= 0.3 is 12.0 Å². The molecule has 0 bridgehead atoms. The monoisotopic (exact) mass is 557 g/mol. The Bertz CT molecular complexity index is 1090. The maximum Gasteiger partial charge on any atom is 0.326 e. The molecule has 1 aromatic rings. The zero-order valence-electron chi connectivity index (χ0n) is 23.7. The number of urea groups is 1. The third kappa shape index (κ3) is 6.58. The number of imide groups is 1. The highest BCUT2D eigenvalue weighted by atomic mass is 16.5. The van der Waals surface area contributed by atoms with Crippen LogP contribution < -0.4 is 10.5 Å². The third-order valence-corrected chi connectivity index (χ3v) is 8.45. The summed E-state index contributed by atoms with van der Waals surface area (Å²) in [6.07, 6.45) is 3.83. The van der Waals surface area contributed by atoms with E-state index in [9.17, 15) is 24.3 Å². The molecule has 0 aromatic heterocycles. The zero-order chi connectivity index (χ0) is 28.8. The smallest absolute Gasteiger partial charge is 0.326 e. The van der Waals surface area contributed by atoms with Crippen LogP contribution in [0.2, 0.25) is 0 Å². The molecule has 220 valence electrons. The number of ether oxygens (including phenoxy) is 1. The molecular formula is C29H43N5O6. The number of hydrogen-bond donors (Lipinski definition) is 2. The maximum absolute atomic E-state index is 13.5. The average molecular weight is 558 g/mol. The fraction of sp³-hybridized carbons (Fsp3) is 0.655. The van der Waals surface area contributed by atoms with Gasteiger partial charge in [0.05, 0.1) is 19.1 Å². The van der Waals surface area contributed by atoms with E-state index in [4.69, 9.17) is 10.5 Å². The minimum Gasteiger partial charge on any atom is -0.493 e. The van der Waals surface area contributed by atoms with Crippen molar-refractivity contribution in [3.05, 3.63) is 29.3 Å². The summed E-state index contributed by atoms with van der Waals surface area (Å²) in [4.78, 5) is 58.1. The fourth-order valence-electron chi connectivity index (χ4n) is 6.18. The number of hydrogen-bond acceptors (Lipinski definition) is 7. The summed E-state index contributed by atoms with van der Waals surface area (Å²) in [5.74, 6) is -1.56. The van der Waals surface area contributed by atoms with Crippen molar-refractivity contribution in [1.29, 1.82) is 0 Å². The molecule has 2 fully saturated rings. The van der Waals surface area contributed by atoms with Gasteiger partial charge in [0.2, 0.25) is 11.8 Å². The number of benzene rings is 1. The Hall–Kier alpha value is -3.18. The van der Waals surface area contributed by atoms with Crippen molar-refractivity contribution in [2.75, 3.05) is 59.5 Å². The Labute approximate surface area is 236 Å². The molecule has 0 aliphatic carbocycles. The quantitative estimate of drug-likeness (QED) is 0.374. The molecule has 4 rings (SSSR count). The Morgan fingerprint density at radius 1 is 1.18 bits per heavy atom. The van der Waals surface area contributed by atoms with Crippen LogP contribution in [0.25, 0.3) is 0 Å². The number of likely N-dealkylation sites (tertiary alicyclic amines) is 1. The summed E-state index contributed by atoms with van der Waals surface area (Å²) in [7, 11) is 1.65. The highest BCUT2D eigenvalue weighted by molar-refractivity contribution is 5.96. The van der Waals surface area contributed by atoms with Gasteiger partial charge in [-0.3, -0.25) is 24.2 Å². The van der Waals surface area contributed by atoms with Crippen molar-refractivity contribution in [1.82, 2.24) is 19.6 Å². The second kappa shape index (κ2) is 13.5. The lowest BCUT2D eigenvalue weighted by molar-refractivity contribution is -0.144. The van der Waals surface area contributed by atoms with Crippen molar-refractivity contribution >= 4 is 23.8 Å². The van der Waals surface area contributed by atoms with Gasteiger partial charge in [0.1, 0.15) is 5.75 Å². The first kappa shape index (κ1) is 29.8. The van der Waals surface area contributed by atoms with E-state index in [1.807, 2.05) is 28.0 Å². The molecule has 4 amide bonds. The van der Waals surface area contributed by atoms with Crippen molar-refractivity contribution in [3.8, 4) is 5.75 Å². The summed E-state index contributed by atoms with van der Waals surface area (Å²) in [6, 6.07) is 4.97. The number of nitrogens with zero attached hydrogens (tertiary/aromatic N) is 4. The molecule has 3 N–H and O–H groups in total. The lowest BCUT2D eigenvalue weighted by Crippen LogP contribution is -2.52. The normalized spacial score (nSPS) is 22.9. The van der Waals surface area contributed by atoms with E-state index in [0.717, 1.165) is 36.1 Å². The van der Waals surface area contributed by atoms with Crippen molar-refractivity contribution in [3.63, 3.8) is 0 Å². The van der Waals surface area contributed by atoms with Gasteiger partial charge in [-0.25, -0.2) is 4.79 Å². The maximum atomic E-state index is 13.5. The Morgan fingerprint density at radius 3 is 2.67 bits per heavy atom. The summed E-state index contributed by atoms with van der Waals surface area (Å²) >= 11 is 0. The number of amides is 4. The third-order valence-electron chi connectivity index (χ3n) is 8.45. The molecule has 2 saturated heterocycles. The molecule has 0 saturated carbocycles. The molecule has 3 heterocycles. The van der Waals surface area contributed by atoms with Crippen LogP contribution in [-0.4, -0.2) is 114 Å². The molecule has 0 spiro atoms. The van der Waals surface area contributed by atoms with Crippen LogP contribution in [0, 0.1) is 5.92 Å². The van der Waals surface area contributed by atoms with Gasteiger partial charge in [-0.15, -0.1) is 0 Å². The van der Waals surface area contributed by atoms with Crippen LogP contribution >= 0.6 is 0 Å². The van der Waals surface area contributed by atoms with Gasteiger partial charge in [0.25, 0.3) is 0 Å². The topological polar surface area (TPSA) is 137 Å². The number of carboxylic acids is 1. The number of aliphatic carboxylic acids is 1. The number of unbranched alkanes of at least 4 members (excludes halogenated alkanes) is 1.